The molecular formula is C10H10O3S. The monoisotopic (exact) mass is 210 g/mol. The Morgan fingerprint density at radius 2 is 1.86 bits per heavy atom. The Kier molecular flexibility index (Phi) is 3.71. The summed E-state index contributed by atoms with van der Waals surface area (Å²) in [4.78, 5) is 22.6. The predicted molar refractivity (Wildman–Crippen MR) is 54.7 cm³/mol. The summed E-state index contributed by atoms with van der Waals surface area (Å²) in [5.41, 5.74) is 0.518. The van der Waals surface area contributed by atoms with Gasteiger partial charge in [-0.15, -0.1) is 12.6 Å². The highest BCUT2D eigenvalue weighted by Crippen LogP contribution is 2.08. The van der Waals surface area contributed by atoms with Crippen molar-refractivity contribution in [2.75, 3.05) is 6.61 Å². The van der Waals surface area contributed by atoms with E-state index < -0.39 is 5.97 Å². The minimum atomic E-state index is -0.454. The number of Topliss-reactive ketones (excluding diaryl/α,β-unsaturated/α-hetero) is 1. The number of ketones is 1. The van der Waals surface area contributed by atoms with Crippen LogP contribution in [0.1, 0.15) is 17.3 Å². The number of hydrogen-bond donors (Lipinski definition) is 1. The number of carbonyl (C=O) groups excluding carboxylic acids is 2. The van der Waals surface area contributed by atoms with Crippen LogP contribution in [0.15, 0.2) is 29.2 Å². The minimum absolute atomic E-state index is 0.207. The zero-order valence-corrected chi connectivity index (χ0v) is 8.58. The summed E-state index contributed by atoms with van der Waals surface area (Å²) in [5.74, 6) is -0.669. The molecule has 4 heteroatoms. The SMILES string of the molecule is CC(=O)OCC(=O)c1ccc(S)cc1. The molecule has 0 fully saturated rings. The van der Waals surface area contributed by atoms with Crippen LogP contribution in [-0.4, -0.2) is 18.4 Å². The molecule has 0 saturated heterocycles. The van der Waals surface area contributed by atoms with E-state index in [-0.39, 0.29) is 12.4 Å². The number of thiol groups is 1. The predicted octanol–water partition coefficient (Wildman–Crippen LogP) is 1.72. The highest BCUT2D eigenvalue weighted by atomic mass is 32.1. The molecule has 0 spiro atoms. The summed E-state index contributed by atoms with van der Waals surface area (Å²) in [7, 11) is 0. The fourth-order valence-electron chi connectivity index (χ4n) is 0.898. The lowest BCUT2D eigenvalue weighted by molar-refractivity contribution is -0.139. The number of hydrogen-bond acceptors (Lipinski definition) is 4. The van der Waals surface area contributed by atoms with Crippen molar-refractivity contribution in [3.8, 4) is 0 Å². The molecule has 1 aromatic rings. The first-order valence-electron chi connectivity index (χ1n) is 4.05. The van der Waals surface area contributed by atoms with Crippen molar-refractivity contribution in [2.45, 2.75) is 11.8 Å². The fraction of sp³-hybridized carbons (Fsp3) is 0.200. The summed E-state index contributed by atoms with van der Waals surface area (Å²) in [6.07, 6.45) is 0. The van der Waals surface area contributed by atoms with Crippen LogP contribution in [0.5, 0.6) is 0 Å². The Hall–Kier alpha value is -1.29. The Balaban J connectivity index is 2.61. The van der Waals surface area contributed by atoms with Crippen LogP contribution in [0.3, 0.4) is 0 Å². The van der Waals surface area contributed by atoms with Crippen molar-refractivity contribution in [1.29, 1.82) is 0 Å². The van der Waals surface area contributed by atoms with Crippen molar-refractivity contribution in [3.63, 3.8) is 0 Å². The van der Waals surface area contributed by atoms with Gasteiger partial charge in [0, 0.05) is 17.4 Å². The first-order valence-corrected chi connectivity index (χ1v) is 4.50. The molecule has 74 valence electrons. The molecule has 0 atom stereocenters. The van der Waals surface area contributed by atoms with Gasteiger partial charge in [-0.1, -0.05) is 12.1 Å². The molecule has 3 nitrogen and oxygen atoms in total. The lowest BCUT2D eigenvalue weighted by Gasteiger charge is -2.01. The lowest BCUT2D eigenvalue weighted by Crippen LogP contribution is -2.11. The largest absolute Gasteiger partial charge is 0.457 e. The third-order valence-corrected chi connectivity index (χ3v) is 1.89. The number of esters is 1. The minimum Gasteiger partial charge on any atom is -0.457 e. The number of rotatable bonds is 3. The Morgan fingerprint density at radius 3 is 2.36 bits per heavy atom. The van der Waals surface area contributed by atoms with Gasteiger partial charge in [0.25, 0.3) is 0 Å². The van der Waals surface area contributed by atoms with E-state index in [1.165, 1.54) is 6.92 Å². The maximum Gasteiger partial charge on any atom is 0.303 e. The summed E-state index contributed by atoms with van der Waals surface area (Å²) in [6.45, 7) is 1.06. The number of carbonyl (C=O) groups is 2. The maximum absolute atomic E-state index is 11.4. The van der Waals surface area contributed by atoms with E-state index >= 15 is 0 Å². The zero-order chi connectivity index (χ0) is 10.6. The first-order chi connectivity index (χ1) is 6.59. The van der Waals surface area contributed by atoms with Gasteiger partial charge in [0.15, 0.2) is 12.4 Å². The molecule has 0 aliphatic carbocycles. The van der Waals surface area contributed by atoms with Crippen molar-refractivity contribution in [1.82, 2.24) is 0 Å². The summed E-state index contributed by atoms with van der Waals surface area (Å²) in [6, 6.07) is 6.72. The van der Waals surface area contributed by atoms with E-state index in [0.29, 0.717) is 5.56 Å². The summed E-state index contributed by atoms with van der Waals surface area (Å²) < 4.78 is 4.58. The highest BCUT2D eigenvalue weighted by molar-refractivity contribution is 7.80. The second kappa shape index (κ2) is 4.81. The molecule has 0 aliphatic rings. The number of benzene rings is 1. The van der Waals surface area contributed by atoms with Crippen LogP contribution in [0.4, 0.5) is 0 Å². The highest BCUT2D eigenvalue weighted by Gasteiger charge is 2.06. The molecule has 0 unspecified atom stereocenters. The lowest BCUT2D eigenvalue weighted by atomic mass is 10.1. The van der Waals surface area contributed by atoms with Crippen LogP contribution in [0.2, 0.25) is 0 Å². The van der Waals surface area contributed by atoms with Gasteiger partial charge in [-0.05, 0) is 12.1 Å². The van der Waals surface area contributed by atoms with Gasteiger partial charge in [-0.3, -0.25) is 9.59 Å². The molecule has 0 saturated carbocycles. The average molecular weight is 210 g/mol. The maximum atomic E-state index is 11.4. The Bertz CT molecular complexity index is 343. The van der Waals surface area contributed by atoms with Gasteiger partial charge in [0.1, 0.15) is 0 Å². The Morgan fingerprint density at radius 1 is 1.29 bits per heavy atom. The van der Waals surface area contributed by atoms with Gasteiger partial charge < -0.3 is 4.74 Å². The summed E-state index contributed by atoms with van der Waals surface area (Å²) in [5, 5.41) is 0. The number of ether oxygens (including phenoxy) is 1. The van der Waals surface area contributed by atoms with E-state index in [4.69, 9.17) is 0 Å². The molecule has 1 rings (SSSR count). The topological polar surface area (TPSA) is 43.4 Å². The van der Waals surface area contributed by atoms with Gasteiger partial charge >= 0.3 is 5.97 Å². The second-order valence-corrected chi connectivity index (χ2v) is 3.27. The molecule has 14 heavy (non-hydrogen) atoms. The normalized spacial score (nSPS) is 9.57. The van der Waals surface area contributed by atoms with Crippen molar-refractivity contribution >= 4 is 24.4 Å². The molecule has 0 N–H and O–H groups in total. The smallest absolute Gasteiger partial charge is 0.303 e. The van der Waals surface area contributed by atoms with Crippen LogP contribution in [0.25, 0.3) is 0 Å². The standard InChI is InChI=1S/C10H10O3S/c1-7(11)13-6-10(12)8-2-4-9(14)5-3-8/h2-5,14H,6H2,1H3. The zero-order valence-electron chi connectivity index (χ0n) is 7.69. The average Bonchev–Trinajstić information content (AvgIpc) is 2.15. The van der Waals surface area contributed by atoms with E-state index in [1.54, 1.807) is 24.3 Å². The van der Waals surface area contributed by atoms with Crippen LogP contribution < -0.4 is 0 Å². The quantitative estimate of drug-likeness (QED) is 0.469. The van der Waals surface area contributed by atoms with E-state index in [0.717, 1.165) is 4.90 Å². The summed E-state index contributed by atoms with van der Waals surface area (Å²) >= 11 is 4.09. The molecule has 1 aromatic carbocycles. The fourth-order valence-corrected chi connectivity index (χ4v) is 1.05. The molecule has 0 amide bonds. The van der Waals surface area contributed by atoms with Crippen LogP contribution >= 0.6 is 12.6 Å². The van der Waals surface area contributed by atoms with Gasteiger partial charge in [-0.25, -0.2) is 0 Å². The van der Waals surface area contributed by atoms with Crippen molar-refractivity contribution < 1.29 is 14.3 Å². The molecule has 0 aliphatic heterocycles. The Labute approximate surface area is 87.5 Å². The third-order valence-electron chi connectivity index (χ3n) is 1.60. The molecule has 0 aromatic heterocycles. The molecular weight excluding hydrogens is 200 g/mol. The van der Waals surface area contributed by atoms with Crippen LogP contribution in [-0.2, 0) is 9.53 Å². The third kappa shape index (κ3) is 3.22. The van der Waals surface area contributed by atoms with Gasteiger partial charge in [0.2, 0.25) is 0 Å². The van der Waals surface area contributed by atoms with E-state index in [9.17, 15) is 9.59 Å². The second-order valence-electron chi connectivity index (χ2n) is 2.75. The van der Waals surface area contributed by atoms with Gasteiger partial charge in [-0.2, -0.15) is 0 Å². The van der Waals surface area contributed by atoms with Gasteiger partial charge in [0.05, 0.1) is 0 Å². The van der Waals surface area contributed by atoms with Crippen LogP contribution in [0, 0.1) is 0 Å². The van der Waals surface area contributed by atoms with Crippen molar-refractivity contribution in [3.05, 3.63) is 29.8 Å². The van der Waals surface area contributed by atoms with E-state index in [1.807, 2.05) is 0 Å². The van der Waals surface area contributed by atoms with Crippen molar-refractivity contribution in [2.24, 2.45) is 0 Å². The van der Waals surface area contributed by atoms with E-state index in [2.05, 4.69) is 17.4 Å². The molecule has 0 heterocycles. The first kappa shape index (κ1) is 10.8. The molecule has 0 radical (unpaired) electrons. The molecule has 0 bridgehead atoms.